The van der Waals surface area contributed by atoms with E-state index in [2.05, 4.69) is 0 Å². The van der Waals surface area contributed by atoms with Crippen LogP contribution < -0.4 is 0 Å². The number of hydrogen-bond donors (Lipinski definition) is 1. The summed E-state index contributed by atoms with van der Waals surface area (Å²) < 4.78 is 5.30. The molecule has 1 N–H and O–H groups in total. The summed E-state index contributed by atoms with van der Waals surface area (Å²) in [5, 5.41) is 8.63. The third-order valence-electron chi connectivity index (χ3n) is 2.56. The number of carboxylic acid groups (broad SMARTS) is 1. The fourth-order valence-corrected chi connectivity index (χ4v) is 2.86. The molecule has 0 spiro atoms. The van der Waals surface area contributed by atoms with Crippen LogP contribution in [0.1, 0.15) is 20.1 Å². The predicted molar refractivity (Wildman–Crippen MR) is 62.3 cm³/mol. The molecule has 1 amide bonds. The van der Waals surface area contributed by atoms with E-state index in [1.165, 1.54) is 28.2 Å². The highest BCUT2D eigenvalue weighted by atomic mass is 32.1. The van der Waals surface area contributed by atoms with Gasteiger partial charge in [0.15, 0.2) is 0 Å². The van der Waals surface area contributed by atoms with Crippen molar-refractivity contribution in [1.29, 1.82) is 0 Å². The van der Waals surface area contributed by atoms with Gasteiger partial charge in [0.05, 0.1) is 18.1 Å². The van der Waals surface area contributed by atoms with Crippen LogP contribution in [-0.4, -0.2) is 42.1 Å². The van der Waals surface area contributed by atoms with E-state index < -0.39 is 5.97 Å². The van der Waals surface area contributed by atoms with Crippen LogP contribution in [0.15, 0.2) is 6.07 Å². The smallest absolute Gasteiger partial charge is 0.323 e. The Kier molecular flexibility index (Phi) is 3.44. The molecule has 17 heavy (non-hydrogen) atoms. The minimum atomic E-state index is -1.01. The van der Waals surface area contributed by atoms with Gasteiger partial charge in [0.25, 0.3) is 5.91 Å². The van der Waals surface area contributed by atoms with Gasteiger partial charge in [-0.05, 0) is 11.6 Å². The molecule has 0 radical (unpaired) electrons. The second-order valence-corrected chi connectivity index (χ2v) is 5.05. The Balaban J connectivity index is 2.14. The first kappa shape index (κ1) is 12.1. The van der Waals surface area contributed by atoms with Crippen molar-refractivity contribution in [3.05, 3.63) is 21.4 Å². The minimum Gasteiger partial charge on any atom is -0.480 e. The van der Waals surface area contributed by atoms with Crippen LogP contribution in [0, 0.1) is 0 Å². The van der Waals surface area contributed by atoms with Gasteiger partial charge in [-0.2, -0.15) is 0 Å². The van der Waals surface area contributed by atoms with Gasteiger partial charge < -0.3 is 14.7 Å². The van der Waals surface area contributed by atoms with Gasteiger partial charge >= 0.3 is 5.97 Å². The Bertz CT molecular complexity index is 431. The number of nitrogens with zero attached hydrogens (tertiary/aromatic N) is 1. The SMILES string of the molecule is CN(CC(=O)O)C(=O)c1cc2c(s1)CCOC2. The quantitative estimate of drug-likeness (QED) is 0.874. The van der Waals surface area contributed by atoms with E-state index in [0.717, 1.165) is 12.0 Å². The first-order valence-electron chi connectivity index (χ1n) is 5.24. The monoisotopic (exact) mass is 255 g/mol. The van der Waals surface area contributed by atoms with Crippen molar-refractivity contribution in [1.82, 2.24) is 4.90 Å². The van der Waals surface area contributed by atoms with Gasteiger partial charge in [-0.1, -0.05) is 0 Å². The van der Waals surface area contributed by atoms with Gasteiger partial charge in [0.2, 0.25) is 0 Å². The van der Waals surface area contributed by atoms with Gasteiger partial charge in [-0.15, -0.1) is 11.3 Å². The number of amides is 1. The van der Waals surface area contributed by atoms with E-state index in [1.54, 1.807) is 6.07 Å². The van der Waals surface area contributed by atoms with Crippen molar-refractivity contribution in [3.63, 3.8) is 0 Å². The van der Waals surface area contributed by atoms with E-state index in [4.69, 9.17) is 9.84 Å². The van der Waals surface area contributed by atoms with Crippen LogP contribution in [0.5, 0.6) is 0 Å². The summed E-state index contributed by atoms with van der Waals surface area (Å²) in [6, 6.07) is 1.81. The predicted octanol–water partition coefficient (Wildman–Crippen LogP) is 0.977. The van der Waals surface area contributed by atoms with Crippen molar-refractivity contribution >= 4 is 23.2 Å². The van der Waals surface area contributed by atoms with Gasteiger partial charge in [-0.25, -0.2) is 0 Å². The zero-order chi connectivity index (χ0) is 12.4. The molecule has 0 atom stereocenters. The normalized spacial score (nSPS) is 14.2. The molecular weight excluding hydrogens is 242 g/mol. The average Bonchev–Trinajstić information content (AvgIpc) is 2.70. The summed E-state index contributed by atoms with van der Waals surface area (Å²) in [5.41, 5.74) is 1.05. The fraction of sp³-hybridized carbons (Fsp3) is 0.455. The zero-order valence-corrected chi connectivity index (χ0v) is 10.2. The maximum absolute atomic E-state index is 11.9. The lowest BCUT2D eigenvalue weighted by Crippen LogP contribution is -2.31. The lowest BCUT2D eigenvalue weighted by atomic mass is 10.2. The molecule has 0 unspecified atom stereocenters. The number of thiophene rings is 1. The zero-order valence-electron chi connectivity index (χ0n) is 9.43. The first-order chi connectivity index (χ1) is 8.08. The van der Waals surface area contributed by atoms with E-state index in [0.29, 0.717) is 18.1 Å². The van der Waals surface area contributed by atoms with Crippen molar-refractivity contribution in [2.24, 2.45) is 0 Å². The number of carbonyl (C=O) groups excluding carboxylic acids is 1. The van der Waals surface area contributed by atoms with Crippen molar-refractivity contribution < 1.29 is 19.4 Å². The number of hydrogen-bond acceptors (Lipinski definition) is 4. The van der Waals surface area contributed by atoms with Crippen LogP contribution in [0.25, 0.3) is 0 Å². The standard InChI is InChI=1S/C11H13NO4S/c1-12(5-10(13)14)11(15)9-4-7-6-16-3-2-8(7)17-9/h4H,2-3,5-6H2,1H3,(H,13,14). The summed E-state index contributed by atoms with van der Waals surface area (Å²) in [6.07, 6.45) is 0.829. The highest BCUT2D eigenvalue weighted by Crippen LogP contribution is 2.27. The summed E-state index contributed by atoms with van der Waals surface area (Å²) in [4.78, 5) is 25.4. The van der Waals surface area contributed by atoms with E-state index in [-0.39, 0.29) is 12.5 Å². The molecule has 1 aromatic rings. The highest BCUT2D eigenvalue weighted by Gasteiger charge is 2.20. The summed E-state index contributed by atoms with van der Waals surface area (Å²) in [5.74, 6) is -1.25. The van der Waals surface area contributed by atoms with Gasteiger partial charge in [-0.3, -0.25) is 9.59 Å². The first-order valence-corrected chi connectivity index (χ1v) is 6.06. The molecule has 0 saturated heterocycles. The Labute approximate surface area is 103 Å². The number of carboxylic acids is 1. The molecule has 0 fully saturated rings. The Morgan fingerprint density at radius 2 is 2.35 bits per heavy atom. The molecule has 5 nitrogen and oxygen atoms in total. The molecule has 0 saturated carbocycles. The number of rotatable bonds is 3. The summed E-state index contributed by atoms with van der Waals surface area (Å²) in [7, 11) is 1.49. The Morgan fingerprint density at radius 1 is 1.59 bits per heavy atom. The molecule has 6 heteroatoms. The summed E-state index contributed by atoms with van der Waals surface area (Å²) in [6.45, 7) is 0.950. The van der Waals surface area contributed by atoms with Crippen molar-refractivity contribution in [2.45, 2.75) is 13.0 Å². The molecule has 1 aliphatic heterocycles. The number of likely N-dealkylation sites (N-methyl/N-ethyl adjacent to an activating group) is 1. The molecule has 0 aliphatic carbocycles. The van der Waals surface area contributed by atoms with Gasteiger partial charge in [0.1, 0.15) is 6.54 Å². The van der Waals surface area contributed by atoms with Crippen LogP contribution in [-0.2, 0) is 22.6 Å². The largest absolute Gasteiger partial charge is 0.480 e. The summed E-state index contributed by atoms with van der Waals surface area (Å²) >= 11 is 1.43. The van der Waals surface area contributed by atoms with Gasteiger partial charge in [0, 0.05) is 18.3 Å². The maximum Gasteiger partial charge on any atom is 0.323 e. The van der Waals surface area contributed by atoms with Crippen LogP contribution in [0.4, 0.5) is 0 Å². The Hall–Kier alpha value is -1.40. The lowest BCUT2D eigenvalue weighted by molar-refractivity contribution is -0.137. The third kappa shape index (κ3) is 2.65. The Morgan fingerprint density at radius 3 is 3.00 bits per heavy atom. The number of ether oxygens (including phenoxy) is 1. The van der Waals surface area contributed by atoms with E-state index in [9.17, 15) is 9.59 Å². The number of fused-ring (bicyclic) bond motifs is 1. The molecule has 0 aromatic carbocycles. The minimum absolute atomic E-state index is 0.244. The van der Waals surface area contributed by atoms with Crippen LogP contribution in [0.2, 0.25) is 0 Å². The molecule has 1 aromatic heterocycles. The van der Waals surface area contributed by atoms with E-state index >= 15 is 0 Å². The fourth-order valence-electron chi connectivity index (χ4n) is 1.72. The molecule has 0 bridgehead atoms. The van der Waals surface area contributed by atoms with Crippen molar-refractivity contribution in [3.8, 4) is 0 Å². The van der Waals surface area contributed by atoms with Crippen molar-refractivity contribution in [2.75, 3.05) is 20.2 Å². The number of aliphatic carboxylic acids is 1. The molecule has 2 rings (SSSR count). The average molecular weight is 255 g/mol. The van der Waals surface area contributed by atoms with E-state index in [1.807, 2.05) is 0 Å². The second kappa shape index (κ2) is 4.85. The third-order valence-corrected chi connectivity index (χ3v) is 3.78. The van der Waals surface area contributed by atoms with Crippen LogP contribution >= 0.6 is 11.3 Å². The highest BCUT2D eigenvalue weighted by molar-refractivity contribution is 7.14. The molecule has 1 aliphatic rings. The number of carbonyl (C=O) groups is 2. The second-order valence-electron chi connectivity index (χ2n) is 3.92. The molecular formula is C11H13NO4S. The van der Waals surface area contributed by atoms with Crippen LogP contribution in [0.3, 0.4) is 0 Å². The molecule has 2 heterocycles. The lowest BCUT2D eigenvalue weighted by Gasteiger charge is -2.12. The topological polar surface area (TPSA) is 66.8 Å². The maximum atomic E-state index is 11.9. The molecule has 92 valence electrons.